The van der Waals surface area contributed by atoms with Crippen LogP contribution in [-0.2, 0) is 6.54 Å². The zero-order valence-electron chi connectivity index (χ0n) is 8.41. The van der Waals surface area contributed by atoms with Crippen molar-refractivity contribution in [3.05, 3.63) is 50.2 Å². The van der Waals surface area contributed by atoms with Gasteiger partial charge in [-0.1, -0.05) is 23.2 Å². The molecule has 4 nitrogen and oxygen atoms in total. The number of aromatic nitrogens is 2. The van der Waals surface area contributed by atoms with Gasteiger partial charge in [-0.2, -0.15) is 5.10 Å². The van der Waals surface area contributed by atoms with Crippen LogP contribution in [-0.4, -0.2) is 9.78 Å². The number of halogens is 2. The van der Waals surface area contributed by atoms with Gasteiger partial charge >= 0.3 is 0 Å². The fourth-order valence-electron chi connectivity index (χ4n) is 1.28. The first-order valence-corrected chi connectivity index (χ1v) is 5.30. The third-order valence-electron chi connectivity index (χ3n) is 2.04. The molecule has 2 aromatic rings. The lowest BCUT2D eigenvalue weighted by Crippen LogP contribution is -2.23. The van der Waals surface area contributed by atoms with Gasteiger partial charge in [0.05, 0.1) is 11.2 Å². The van der Waals surface area contributed by atoms with Crippen molar-refractivity contribution in [2.24, 2.45) is 0 Å². The predicted octanol–water partition coefficient (Wildman–Crippen LogP) is 2.50. The molecule has 0 saturated carbocycles. The van der Waals surface area contributed by atoms with E-state index < -0.39 is 5.56 Å². The molecule has 2 rings (SSSR count). The van der Waals surface area contributed by atoms with Crippen LogP contribution in [0.25, 0.3) is 0 Å². The Morgan fingerprint density at radius 2 is 2.19 bits per heavy atom. The molecule has 0 aliphatic rings. The number of furan rings is 1. The minimum absolute atomic E-state index is 0.0278. The van der Waals surface area contributed by atoms with Gasteiger partial charge in [-0.15, -0.1) is 0 Å². The van der Waals surface area contributed by atoms with Crippen molar-refractivity contribution in [1.82, 2.24) is 9.78 Å². The van der Waals surface area contributed by atoms with Gasteiger partial charge < -0.3 is 4.42 Å². The van der Waals surface area contributed by atoms with E-state index in [2.05, 4.69) is 5.10 Å². The average molecular weight is 259 g/mol. The van der Waals surface area contributed by atoms with Crippen LogP contribution in [0.5, 0.6) is 0 Å². The Morgan fingerprint density at radius 3 is 2.81 bits per heavy atom. The maximum atomic E-state index is 11.6. The van der Waals surface area contributed by atoms with E-state index in [0.717, 1.165) is 5.76 Å². The van der Waals surface area contributed by atoms with E-state index >= 15 is 0 Å². The molecule has 84 valence electrons. The summed E-state index contributed by atoms with van der Waals surface area (Å²) in [6.45, 7) is 2.07. The van der Waals surface area contributed by atoms with Gasteiger partial charge in [0, 0.05) is 0 Å². The molecule has 0 atom stereocenters. The van der Waals surface area contributed by atoms with Crippen molar-refractivity contribution in [1.29, 1.82) is 0 Å². The van der Waals surface area contributed by atoms with Crippen LogP contribution in [0, 0.1) is 6.92 Å². The summed E-state index contributed by atoms with van der Waals surface area (Å²) in [5.41, 5.74) is -0.428. The number of rotatable bonds is 2. The minimum atomic E-state index is -0.428. The molecule has 2 aromatic heterocycles. The van der Waals surface area contributed by atoms with Crippen LogP contribution in [0.4, 0.5) is 0 Å². The van der Waals surface area contributed by atoms with Crippen LogP contribution in [0.2, 0.25) is 10.0 Å². The zero-order valence-corrected chi connectivity index (χ0v) is 9.92. The van der Waals surface area contributed by atoms with Crippen LogP contribution in [0.1, 0.15) is 11.5 Å². The molecular formula is C10H8Cl2N2O2. The summed E-state index contributed by atoms with van der Waals surface area (Å²) >= 11 is 11.4. The summed E-state index contributed by atoms with van der Waals surface area (Å²) < 4.78 is 6.54. The van der Waals surface area contributed by atoms with E-state index in [1.807, 2.05) is 13.0 Å². The molecule has 0 aromatic carbocycles. The molecule has 0 fully saturated rings. The number of hydrogen-bond donors (Lipinski definition) is 0. The van der Waals surface area contributed by atoms with E-state index in [1.54, 1.807) is 6.07 Å². The Bertz CT molecular complexity index is 574. The fraction of sp³-hybridized carbons (Fsp3) is 0.200. The van der Waals surface area contributed by atoms with E-state index in [0.29, 0.717) is 5.76 Å². The topological polar surface area (TPSA) is 48.0 Å². The highest BCUT2D eigenvalue weighted by molar-refractivity contribution is 6.41. The quantitative estimate of drug-likeness (QED) is 0.832. The Hall–Kier alpha value is -1.26. The molecule has 0 spiro atoms. The maximum absolute atomic E-state index is 11.6. The lowest BCUT2D eigenvalue weighted by molar-refractivity contribution is 0.452. The summed E-state index contributed by atoms with van der Waals surface area (Å²) in [7, 11) is 0. The van der Waals surface area contributed by atoms with Gasteiger partial charge in [-0.25, -0.2) is 4.68 Å². The Balaban J connectivity index is 2.36. The highest BCUT2D eigenvalue weighted by Gasteiger charge is 2.09. The van der Waals surface area contributed by atoms with Gasteiger partial charge in [-0.05, 0) is 19.1 Å². The summed E-state index contributed by atoms with van der Waals surface area (Å²) in [6.07, 6.45) is 1.33. The standard InChI is InChI=1S/C10H8Cl2N2O2/c1-6-2-3-7(16-6)5-14-10(15)9(12)8(11)4-13-14/h2-4H,5H2,1H3. The van der Waals surface area contributed by atoms with Gasteiger partial charge in [0.25, 0.3) is 5.56 Å². The largest absolute Gasteiger partial charge is 0.464 e. The highest BCUT2D eigenvalue weighted by atomic mass is 35.5. The smallest absolute Gasteiger partial charge is 0.287 e. The normalized spacial score (nSPS) is 10.7. The van der Waals surface area contributed by atoms with E-state index in [1.165, 1.54) is 10.9 Å². The molecule has 0 N–H and O–H groups in total. The lowest BCUT2D eigenvalue weighted by Gasteiger charge is -2.02. The molecule has 0 aliphatic heterocycles. The van der Waals surface area contributed by atoms with E-state index in [-0.39, 0.29) is 16.6 Å². The first-order valence-electron chi connectivity index (χ1n) is 4.54. The molecule has 0 radical (unpaired) electrons. The van der Waals surface area contributed by atoms with Crippen LogP contribution < -0.4 is 5.56 Å². The molecule has 16 heavy (non-hydrogen) atoms. The molecule has 0 bridgehead atoms. The first kappa shape index (κ1) is 11.2. The average Bonchev–Trinajstić information content (AvgIpc) is 2.65. The molecule has 0 unspecified atom stereocenters. The van der Waals surface area contributed by atoms with Crippen LogP contribution in [0.3, 0.4) is 0 Å². The predicted molar refractivity (Wildman–Crippen MR) is 61.1 cm³/mol. The van der Waals surface area contributed by atoms with Crippen molar-refractivity contribution in [3.63, 3.8) is 0 Å². The third kappa shape index (κ3) is 2.13. The van der Waals surface area contributed by atoms with Crippen molar-refractivity contribution >= 4 is 23.2 Å². The van der Waals surface area contributed by atoms with Gasteiger partial charge in [0.1, 0.15) is 23.1 Å². The van der Waals surface area contributed by atoms with Crippen LogP contribution >= 0.6 is 23.2 Å². The molecule has 6 heteroatoms. The second-order valence-electron chi connectivity index (χ2n) is 3.28. The van der Waals surface area contributed by atoms with Crippen molar-refractivity contribution in [3.8, 4) is 0 Å². The summed E-state index contributed by atoms with van der Waals surface area (Å²) in [6, 6.07) is 3.60. The SMILES string of the molecule is Cc1ccc(Cn2ncc(Cl)c(Cl)c2=O)o1. The van der Waals surface area contributed by atoms with Gasteiger partial charge in [-0.3, -0.25) is 4.79 Å². The zero-order chi connectivity index (χ0) is 11.7. The number of aryl methyl sites for hydroxylation is 1. The molecule has 0 amide bonds. The Kier molecular flexibility index (Phi) is 3.03. The summed E-state index contributed by atoms with van der Waals surface area (Å²) in [5, 5.41) is 3.99. The van der Waals surface area contributed by atoms with Gasteiger partial charge in [0.15, 0.2) is 0 Å². The first-order chi connectivity index (χ1) is 7.58. The summed E-state index contributed by atoms with van der Waals surface area (Å²) in [5.74, 6) is 1.42. The second-order valence-corrected chi connectivity index (χ2v) is 4.07. The van der Waals surface area contributed by atoms with Crippen molar-refractivity contribution in [2.45, 2.75) is 13.5 Å². The van der Waals surface area contributed by atoms with Gasteiger partial charge in [0.2, 0.25) is 0 Å². The summed E-state index contributed by atoms with van der Waals surface area (Å²) in [4.78, 5) is 11.6. The van der Waals surface area contributed by atoms with E-state index in [4.69, 9.17) is 27.6 Å². The molecule has 2 heterocycles. The number of hydrogen-bond acceptors (Lipinski definition) is 3. The van der Waals surface area contributed by atoms with Crippen molar-refractivity contribution in [2.75, 3.05) is 0 Å². The monoisotopic (exact) mass is 258 g/mol. The minimum Gasteiger partial charge on any atom is -0.464 e. The highest BCUT2D eigenvalue weighted by Crippen LogP contribution is 2.15. The Labute approximate surface area is 101 Å². The Morgan fingerprint density at radius 1 is 1.44 bits per heavy atom. The maximum Gasteiger partial charge on any atom is 0.287 e. The van der Waals surface area contributed by atoms with Crippen LogP contribution in [0.15, 0.2) is 27.5 Å². The molecule has 0 aliphatic carbocycles. The molecule has 0 saturated heterocycles. The lowest BCUT2D eigenvalue weighted by atomic mass is 10.4. The number of nitrogens with zero attached hydrogens (tertiary/aromatic N) is 2. The van der Waals surface area contributed by atoms with E-state index in [9.17, 15) is 4.79 Å². The fourth-order valence-corrected chi connectivity index (χ4v) is 1.55. The second kappa shape index (κ2) is 4.31. The third-order valence-corrected chi connectivity index (χ3v) is 2.79. The molecular weight excluding hydrogens is 251 g/mol. The van der Waals surface area contributed by atoms with Crippen molar-refractivity contribution < 1.29 is 4.42 Å².